The van der Waals surface area contributed by atoms with Crippen LogP contribution in [0.1, 0.15) is 90.2 Å². The fourth-order valence-corrected chi connectivity index (χ4v) is 9.31. The first-order valence-electron chi connectivity index (χ1n) is 14.0. The van der Waals surface area contributed by atoms with Gasteiger partial charge in [0.1, 0.15) is 11.0 Å². The molecule has 0 N–H and O–H groups in total. The molecule has 4 aromatic rings. The number of rotatable bonds is 14. The summed E-state index contributed by atoms with van der Waals surface area (Å²) < 4.78 is 42.8. The van der Waals surface area contributed by atoms with Crippen molar-refractivity contribution in [2.45, 2.75) is 91.9 Å². The first-order chi connectivity index (χ1) is 18.8. The van der Waals surface area contributed by atoms with Gasteiger partial charge in [0.25, 0.3) is 0 Å². The second kappa shape index (κ2) is 14.4. The molecule has 0 aliphatic rings. The average Bonchev–Trinajstić information content (AvgIpc) is 3.64. The van der Waals surface area contributed by atoms with Crippen LogP contribution in [-0.2, 0) is 12.8 Å². The van der Waals surface area contributed by atoms with Crippen LogP contribution in [0, 0.1) is 23.5 Å². The van der Waals surface area contributed by atoms with E-state index in [1.54, 1.807) is 0 Å². The minimum Gasteiger partial charge on any atom is -0.203 e. The SMILES string of the molecule is CCCCC(CC)Cc1cc(-c2c(F)c(F)c(-c3cc(CC(CC)CCCC)c(Br)s3)c3nsnc23)sc1Br. The molecular formula is C30H36Br2F2N2S3. The zero-order chi connectivity index (χ0) is 28.1. The van der Waals surface area contributed by atoms with Gasteiger partial charge in [-0.15, -0.1) is 22.7 Å². The molecule has 0 spiro atoms. The highest BCUT2D eigenvalue weighted by Gasteiger charge is 2.28. The van der Waals surface area contributed by atoms with Gasteiger partial charge in [-0.1, -0.05) is 79.1 Å². The van der Waals surface area contributed by atoms with Gasteiger partial charge in [-0.05, 0) is 79.8 Å². The molecule has 0 bridgehead atoms. The van der Waals surface area contributed by atoms with Crippen LogP contribution in [0.2, 0.25) is 0 Å². The maximum Gasteiger partial charge on any atom is 0.170 e. The third kappa shape index (κ3) is 7.02. The predicted octanol–water partition coefficient (Wildman–Crippen LogP) is 12.5. The number of benzene rings is 1. The number of fused-ring (bicyclic) bond motifs is 1. The summed E-state index contributed by atoms with van der Waals surface area (Å²) in [6.45, 7) is 8.87. The summed E-state index contributed by atoms with van der Waals surface area (Å²) in [4.78, 5) is 1.38. The Balaban J connectivity index is 1.72. The molecule has 0 fully saturated rings. The molecule has 2 atom stereocenters. The predicted molar refractivity (Wildman–Crippen MR) is 173 cm³/mol. The lowest BCUT2D eigenvalue weighted by Gasteiger charge is -2.13. The molecule has 39 heavy (non-hydrogen) atoms. The van der Waals surface area contributed by atoms with Gasteiger partial charge in [0.05, 0.1) is 30.4 Å². The van der Waals surface area contributed by atoms with Gasteiger partial charge in [0, 0.05) is 9.75 Å². The highest BCUT2D eigenvalue weighted by atomic mass is 79.9. The van der Waals surface area contributed by atoms with Crippen LogP contribution in [0.25, 0.3) is 31.9 Å². The van der Waals surface area contributed by atoms with Gasteiger partial charge in [-0.25, -0.2) is 8.78 Å². The Bertz CT molecular complexity index is 1290. The minimum atomic E-state index is -0.844. The van der Waals surface area contributed by atoms with Crippen molar-refractivity contribution < 1.29 is 8.78 Å². The molecule has 3 heterocycles. The monoisotopic (exact) mass is 716 g/mol. The summed E-state index contributed by atoms with van der Waals surface area (Å²) in [6, 6.07) is 4.03. The maximum absolute atomic E-state index is 15.9. The minimum absolute atomic E-state index is 0.222. The summed E-state index contributed by atoms with van der Waals surface area (Å²) in [7, 11) is 0. The van der Waals surface area contributed by atoms with Crippen molar-refractivity contribution >= 4 is 77.3 Å². The summed E-state index contributed by atoms with van der Waals surface area (Å²) in [5, 5.41) is 0. The van der Waals surface area contributed by atoms with Gasteiger partial charge in [0.2, 0.25) is 0 Å². The van der Waals surface area contributed by atoms with Crippen LogP contribution >= 0.6 is 66.3 Å². The number of aromatic nitrogens is 2. The first kappa shape index (κ1) is 31.2. The Kier molecular flexibility index (Phi) is 11.5. The topological polar surface area (TPSA) is 25.8 Å². The van der Waals surface area contributed by atoms with E-state index in [4.69, 9.17) is 0 Å². The Morgan fingerprint density at radius 2 is 1.13 bits per heavy atom. The summed E-state index contributed by atoms with van der Waals surface area (Å²) >= 11 is 11.3. The van der Waals surface area contributed by atoms with E-state index in [2.05, 4.69) is 68.3 Å². The summed E-state index contributed by atoms with van der Waals surface area (Å²) in [5.74, 6) is -0.531. The largest absolute Gasteiger partial charge is 0.203 e. The van der Waals surface area contributed by atoms with Crippen molar-refractivity contribution in [3.05, 3.63) is 42.5 Å². The van der Waals surface area contributed by atoms with Gasteiger partial charge >= 0.3 is 0 Å². The van der Waals surface area contributed by atoms with E-state index < -0.39 is 11.6 Å². The second-order valence-corrected chi connectivity index (χ2v) is 15.7. The van der Waals surface area contributed by atoms with E-state index in [0.717, 1.165) is 56.1 Å². The highest BCUT2D eigenvalue weighted by Crippen LogP contribution is 2.46. The molecule has 2 unspecified atom stereocenters. The molecule has 1 aromatic carbocycles. The van der Waals surface area contributed by atoms with Gasteiger partial charge < -0.3 is 0 Å². The van der Waals surface area contributed by atoms with E-state index in [1.165, 1.54) is 61.2 Å². The lowest BCUT2D eigenvalue weighted by atomic mass is 9.92. The number of thiophene rings is 2. The molecule has 0 aliphatic carbocycles. The van der Waals surface area contributed by atoms with E-state index >= 15 is 8.78 Å². The summed E-state index contributed by atoms with van der Waals surface area (Å²) in [5.41, 5.74) is 3.62. The Labute approximate surface area is 260 Å². The zero-order valence-electron chi connectivity index (χ0n) is 23.0. The standard InChI is InChI=1S/C30H36Br2F2N2S3/c1-5-9-11-17(7-3)13-19-15-21(37-29(19)31)23-25(33)26(34)24(28-27(23)35-39-36-28)22-16-20(30(32)38-22)14-18(8-4)12-10-6-2/h15-18H,5-14H2,1-4H3. The van der Waals surface area contributed by atoms with Gasteiger partial charge in [0.15, 0.2) is 11.6 Å². The van der Waals surface area contributed by atoms with Crippen LogP contribution in [-0.4, -0.2) is 8.75 Å². The number of unbranched alkanes of at least 4 members (excludes halogenated alkanes) is 2. The Hall–Kier alpha value is -0.740. The molecule has 0 saturated carbocycles. The van der Waals surface area contributed by atoms with Crippen molar-refractivity contribution in [1.29, 1.82) is 0 Å². The quantitative estimate of drug-likeness (QED) is 0.130. The highest BCUT2D eigenvalue weighted by molar-refractivity contribution is 9.11. The normalized spacial score (nSPS) is 13.4. The summed E-state index contributed by atoms with van der Waals surface area (Å²) in [6.07, 6.45) is 11.2. The van der Waals surface area contributed by atoms with Crippen LogP contribution in [0.15, 0.2) is 19.7 Å². The number of nitrogens with zero attached hydrogens (tertiary/aromatic N) is 2. The fraction of sp³-hybridized carbons (Fsp3) is 0.533. The van der Waals surface area contributed by atoms with E-state index in [-0.39, 0.29) is 11.1 Å². The molecule has 4 rings (SSSR count). The first-order valence-corrected chi connectivity index (χ1v) is 18.0. The third-order valence-electron chi connectivity index (χ3n) is 7.71. The van der Waals surface area contributed by atoms with Crippen molar-refractivity contribution in [1.82, 2.24) is 8.75 Å². The maximum atomic E-state index is 15.9. The van der Waals surface area contributed by atoms with Crippen LogP contribution in [0.5, 0.6) is 0 Å². The van der Waals surface area contributed by atoms with Crippen molar-refractivity contribution in [2.75, 3.05) is 0 Å². The molecule has 0 radical (unpaired) electrons. The second-order valence-electron chi connectivity index (χ2n) is 10.4. The van der Waals surface area contributed by atoms with Crippen molar-refractivity contribution in [3.63, 3.8) is 0 Å². The zero-order valence-corrected chi connectivity index (χ0v) is 28.6. The number of hydrogen-bond acceptors (Lipinski definition) is 5. The molecular weight excluding hydrogens is 682 g/mol. The fourth-order valence-electron chi connectivity index (χ4n) is 5.24. The number of hydrogen-bond donors (Lipinski definition) is 0. The molecule has 0 saturated heterocycles. The Morgan fingerprint density at radius 1 is 0.718 bits per heavy atom. The lowest BCUT2D eigenvalue weighted by Crippen LogP contribution is -2.03. The lowest BCUT2D eigenvalue weighted by molar-refractivity contribution is 0.449. The average molecular weight is 719 g/mol. The molecule has 2 nitrogen and oxygen atoms in total. The smallest absolute Gasteiger partial charge is 0.170 e. The molecule has 3 aromatic heterocycles. The van der Waals surface area contributed by atoms with Gasteiger partial charge in [-0.2, -0.15) is 8.75 Å². The van der Waals surface area contributed by atoms with Crippen LogP contribution < -0.4 is 0 Å². The molecule has 0 aliphatic heterocycles. The van der Waals surface area contributed by atoms with E-state index in [1.807, 2.05) is 12.1 Å². The van der Waals surface area contributed by atoms with Crippen molar-refractivity contribution in [2.24, 2.45) is 11.8 Å². The number of halogens is 4. The Morgan fingerprint density at radius 3 is 1.49 bits per heavy atom. The van der Waals surface area contributed by atoms with Crippen LogP contribution in [0.4, 0.5) is 8.78 Å². The molecule has 212 valence electrons. The van der Waals surface area contributed by atoms with Gasteiger partial charge in [-0.3, -0.25) is 0 Å². The molecule has 0 amide bonds. The van der Waals surface area contributed by atoms with Crippen LogP contribution in [0.3, 0.4) is 0 Å². The third-order valence-corrected chi connectivity index (χ3v) is 12.2. The van der Waals surface area contributed by atoms with Crippen molar-refractivity contribution in [3.8, 4) is 20.9 Å². The van der Waals surface area contributed by atoms with E-state index in [0.29, 0.717) is 32.6 Å². The molecule has 9 heteroatoms. The van der Waals surface area contributed by atoms with E-state index in [9.17, 15) is 0 Å².